The number of fused-ring (bicyclic) bond motifs is 1. The van der Waals surface area contributed by atoms with Crippen molar-refractivity contribution >= 4 is 57.7 Å². The molecule has 1 saturated heterocycles. The van der Waals surface area contributed by atoms with Crippen molar-refractivity contribution < 1.29 is 19.1 Å². The Balaban J connectivity index is 1.06. The number of carbonyl (C=O) groups excluding carboxylic acids is 3. The number of imide groups is 2. The summed E-state index contributed by atoms with van der Waals surface area (Å²) in [7, 11) is 0. The molecule has 1 fully saturated rings. The highest BCUT2D eigenvalue weighted by Crippen LogP contribution is 2.50. The first kappa shape index (κ1) is 34.6. The molecule has 0 aromatic heterocycles. The van der Waals surface area contributed by atoms with Gasteiger partial charge >= 0.3 is 6.03 Å². The highest BCUT2D eigenvalue weighted by atomic mass is 35.5. The van der Waals surface area contributed by atoms with Crippen LogP contribution in [0.3, 0.4) is 0 Å². The molecule has 3 heterocycles. The fourth-order valence-electron chi connectivity index (χ4n) is 8.54. The topological polar surface area (TPSA) is 79.0 Å². The summed E-state index contributed by atoms with van der Waals surface area (Å²) in [5.74, 6) is -0.825. The minimum atomic E-state index is -0.777. The van der Waals surface area contributed by atoms with Crippen molar-refractivity contribution in [1.29, 1.82) is 0 Å². The molecule has 0 aliphatic carbocycles. The predicted octanol–water partition coefficient (Wildman–Crippen LogP) is 9.92. The second kappa shape index (κ2) is 14.2. The molecule has 272 valence electrons. The Bertz CT molecular complexity index is 2460. The first-order chi connectivity index (χ1) is 26.8. The van der Waals surface area contributed by atoms with E-state index in [1.54, 1.807) is 18.2 Å². The Morgan fingerprint density at radius 1 is 0.764 bits per heavy atom. The van der Waals surface area contributed by atoms with E-state index in [1.165, 1.54) is 22.9 Å². The number of nitrogens with zero attached hydrogens (tertiary/aromatic N) is 2. The van der Waals surface area contributed by atoms with Gasteiger partial charge in [0, 0.05) is 36.2 Å². The van der Waals surface area contributed by atoms with Crippen LogP contribution < -0.4 is 19.9 Å². The van der Waals surface area contributed by atoms with Crippen LogP contribution in [0, 0.1) is 6.92 Å². The van der Waals surface area contributed by atoms with Gasteiger partial charge in [-0.3, -0.25) is 14.9 Å². The summed E-state index contributed by atoms with van der Waals surface area (Å²) >= 11 is 6.73. The summed E-state index contributed by atoms with van der Waals surface area (Å²) in [6.45, 7) is 4.21. The first-order valence-electron chi connectivity index (χ1n) is 18.7. The maximum Gasteiger partial charge on any atom is 0.335 e. The van der Waals surface area contributed by atoms with Crippen molar-refractivity contribution in [2.24, 2.45) is 0 Å². The van der Waals surface area contributed by atoms with Gasteiger partial charge in [-0.2, -0.15) is 0 Å². The van der Waals surface area contributed by atoms with Crippen molar-refractivity contribution in [1.82, 2.24) is 5.32 Å². The third-order valence-corrected chi connectivity index (χ3v) is 11.6. The molecule has 3 aliphatic rings. The van der Waals surface area contributed by atoms with E-state index in [0.29, 0.717) is 28.6 Å². The van der Waals surface area contributed by atoms with Crippen LogP contribution in [0.15, 0.2) is 133 Å². The van der Waals surface area contributed by atoms with E-state index in [9.17, 15) is 14.4 Å². The van der Waals surface area contributed by atoms with Gasteiger partial charge in [0.25, 0.3) is 11.8 Å². The van der Waals surface area contributed by atoms with E-state index in [0.717, 1.165) is 63.9 Å². The Labute approximate surface area is 324 Å². The normalized spacial score (nSPS) is 18.7. The second-order valence-electron chi connectivity index (χ2n) is 14.5. The number of amides is 4. The third-order valence-electron chi connectivity index (χ3n) is 11.3. The van der Waals surface area contributed by atoms with E-state index in [1.807, 2.05) is 60.7 Å². The SMILES string of the molecule is Cc1ccc2ccccc2c1COc1ccc(/C=C2\C(=O)NC(=O)N(c3cc4c5c(c3)[C@H](c3ccccc3)CCN5CC[C@H]4c3ccccc3)C2=O)cc1Cl. The summed E-state index contributed by atoms with van der Waals surface area (Å²) in [6.07, 6.45) is 3.29. The van der Waals surface area contributed by atoms with Crippen molar-refractivity contribution in [2.75, 3.05) is 22.9 Å². The quantitative estimate of drug-likeness (QED) is 0.130. The van der Waals surface area contributed by atoms with Gasteiger partial charge in [0.1, 0.15) is 17.9 Å². The Hall–Kier alpha value is -6.18. The zero-order chi connectivity index (χ0) is 37.6. The van der Waals surface area contributed by atoms with E-state index in [2.05, 4.69) is 65.7 Å². The zero-order valence-electron chi connectivity index (χ0n) is 30.3. The fraction of sp³-hybridized carbons (Fsp3) is 0.170. The predicted molar refractivity (Wildman–Crippen MR) is 218 cm³/mol. The van der Waals surface area contributed by atoms with Gasteiger partial charge in [0.2, 0.25) is 0 Å². The zero-order valence-corrected chi connectivity index (χ0v) is 31.1. The molecule has 1 N–H and O–H groups in total. The number of halogens is 1. The number of carbonyl (C=O) groups is 3. The van der Waals surface area contributed by atoms with Gasteiger partial charge in [-0.05, 0) is 94.3 Å². The first-order valence-corrected chi connectivity index (χ1v) is 19.1. The number of urea groups is 1. The molecule has 3 aliphatic heterocycles. The van der Waals surface area contributed by atoms with Gasteiger partial charge in [0.05, 0.1) is 10.7 Å². The molecule has 0 spiro atoms. The number of anilines is 2. The van der Waals surface area contributed by atoms with Crippen LogP contribution in [-0.2, 0) is 16.2 Å². The van der Waals surface area contributed by atoms with Crippen LogP contribution in [-0.4, -0.2) is 30.9 Å². The number of nitrogens with one attached hydrogen (secondary N) is 1. The van der Waals surface area contributed by atoms with Crippen LogP contribution in [0.4, 0.5) is 16.2 Å². The highest BCUT2D eigenvalue weighted by molar-refractivity contribution is 6.39. The number of rotatable bonds is 7. The molecule has 2 atom stereocenters. The van der Waals surface area contributed by atoms with Crippen LogP contribution in [0.2, 0.25) is 5.02 Å². The lowest BCUT2D eigenvalue weighted by molar-refractivity contribution is -0.122. The van der Waals surface area contributed by atoms with Crippen LogP contribution in [0.5, 0.6) is 5.75 Å². The number of hydrogen-bond acceptors (Lipinski definition) is 5. The van der Waals surface area contributed by atoms with Crippen LogP contribution in [0.1, 0.15) is 63.6 Å². The van der Waals surface area contributed by atoms with E-state index < -0.39 is 17.8 Å². The second-order valence-corrected chi connectivity index (χ2v) is 14.9. The lowest BCUT2D eigenvalue weighted by atomic mass is 9.76. The summed E-state index contributed by atoms with van der Waals surface area (Å²) in [5.41, 5.74) is 8.69. The lowest BCUT2D eigenvalue weighted by Crippen LogP contribution is -2.54. The Morgan fingerprint density at radius 3 is 2.05 bits per heavy atom. The number of aryl methyl sites for hydroxylation is 1. The third kappa shape index (κ3) is 6.34. The number of barbiturate groups is 1. The van der Waals surface area contributed by atoms with Gasteiger partial charge in [-0.1, -0.05) is 115 Å². The maximum absolute atomic E-state index is 14.4. The van der Waals surface area contributed by atoms with Gasteiger partial charge < -0.3 is 9.64 Å². The van der Waals surface area contributed by atoms with E-state index >= 15 is 0 Å². The largest absolute Gasteiger partial charge is 0.487 e. The van der Waals surface area contributed by atoms with Crippen LogP contribution >= 0.6 is 11.6 Å². The fourth-order valence-corrected chi connectivity index (χ4v) is 8.78. The highest BCUT2D eigenvalue weighted by Gasteiger charge is 2.40. The van der Waals surface area contributed by atoms with Gasteiger partial charge in [-0.15, -0.1) is 0 Å². The number of benzene rings is 6. The average molecular weight is 744 g/mol. The molecule has 0 saturated carbocycles. The van der Waals surface area contributed by atoms with Crippen molar-refractivity contribution in [3.05, 3.63) is 177 Å². The van der Waals surface area contributed by atoms with Gasteiger partial charge in [0.15, 0.2) is 0 Å². The monoisotopic (exact) mass is 743 g/mol. The summed E-state index contributed by atoms with van der Waals surface area (Å²) < 4.78 is 6.19. The average Bonchev–Trinajstić information content (AvgIpc) is 3.20. The Morgan fingerprint density at radius 2 is 1.40 bits per heavy atom. The smallest absolute Gasteiger partial charge is 0.335 e. The minimum Gasteiger partial charge on any atom is -0.487 e. The van der Waals surface area contributed by atoms with Crippen molar-refractivity contribution in [3.8, 4) is 5.75 Å². The molecule has 6 aromatic rings. The standard InChI is InChI=1S/C47H38ClN3O4/c1-29-16-18-33-14-8-9-15-35(33)41(29)28-55-43-19-17-30(25-42(43)48)24-40-45(52)49-47(54)51(46(40)53)34-26-38-36(31-10-4-2-5-11-31)20-22-50-23-21-37(39(27-34)44(38)50)32-12-6-3-7-13-32/h2-19,24-27,36-37H,20-23,28H2,1H3,(H,49,52,54)/b40-24+/t36-,37-/m0/s1. The van der Waals surface area contributed by atoms with Crippen LogP contribution in [0.25, 0.3) is 16.8 Å². The molecule has 55 heavy (non-hydrogen) atoms. The molecule has 0 unspecified atom stereocenters. The molecule has 7 nitrogen and oxygen atoms in total. The molecule has 6 aromatic carbocycles. The summed E-state index contributed by atoms with van der Waals surface area (Å²) in [6, 6.07) is 41.4. The van der Waals surface area contributed by atoms with Gasteiger partial charge in [-0.25, -0.2) is 9.69 Å². The number of ether oxygens (including phenoxy) is 1. The molecule has 9 rings (SSSR count). The maximum atomic E-state index is 14.4. The molecular weight excluding hydrogens is 706 g/mol. The van der Waals surface area contributed by atoms with Crippen molar-refractivity contribution in [3.63, 3.8) is 0 Å². The van der Waals surface area contributed by atoms with E-state index in [4.69, 9.17) is 16.3 Å². The summed E-state index contributed by atoms with van der Waals surface area (Å²) in [5, 5.41) is 5.01. The number of hydrogen-bond donors (Lipinski definition) is 1. The lowest BCUT2D eigenvalue weighted by Gasteiger charge is -2.44. The molecular formula is C47H38ClN3O4. The van der Waals surface area contributed by atoms with E-state index in [-0.39, 0.29) is 17.4 Å². The summed E-state index contributed by atoms with van der Waals surface area (Å²) in [4.78, 5) is 44.9. The van der Waals surface area contributed by atoms with Crippen molar-refractivity contribution in [2.45, 2.75) is 38.2 Å². The molecule has 4 amide bonds. The Kier molecular flexibility index (Phi) is 8.95. The molecule has 0 bridgehead atoms. The minimum absolute atomic E-state index is 0.0766. The molecule has 8 heteroatoms. The molecule has 0 radical (unpaired) electrons.